The minimum Gasteiger partial charge on any atom is -0.506 e. The normalized spacial score (nSPS) is 13.0. The van der Waals surface area contributed by atoms with Crippen LogP contribution in [0.3, 0.4) is 0 Å². The van der Waals surface area contributed by atoms with E-state index in [2.05, 4.69) is 12.1 Å². The van der Waals surface area contributed by atoms with Gasteiger partial charge in [0.25, 0.3) is 0 Å². The Hall–Kier alpha value is -4.58. The van der Waals surface area contributed by atoms with Crippen LogP contribution in [0.25, 0.3) is 38.9 Å². The third-order valence-electron chi connectivity index (χ3n) is 7.32. The molecule has 3 aromatic carbocycles. The quantitative estimate of drug-likeness (QED) is 0.199. The lowest BCUT2D eigenvalue weighted by molar-refractivity contribution is -0.136. The molecule has 0 saturated carbocycles. The number of aromatic hydroxyl groups is 1. The maximum Gasteiger partial charge on any atom is 0.333 e. The smallest absolute Gasteiger partial charge is 0.333 e. The third kappa shape index (κ3) is 5.02. The average molecular weight is 593 g/mol. The second-order valence-electron chi connectivity index (χ2n) is 9.97. The minimum atomic E-state index is -0.562. The number of hydrogen-bond donors (Lipinski definition) is 1. The molecular formula is C34H25FN2O3S2. The fraction of sp³-hybridized carbons (Fsp3) is 0.118. The molecule has 5 nitrogen and oxygen atoms in total. The first-order valence-electron chi connectivity index (χ1n) is 13.3. The maximum atomic E-state index is 14.9. The molecule has 0 unspecified atom stereocenters. The maximum absolute atomic E-state index is 14.9. The molecule has 0 radical (unpaired) electrons. The van der Waals surface area contributed by atoms with E-state index in [1.807, 2.05) is 70.9 Å². The van der Waals surface area contributed by atoms with E-state index in [4.69, 9.17) is 4.74 Å². The molecule has 6 rings (SSSR count). The van der Waals surface area contributed by atoms with E-state index in [0.29, 0.717) is 45.3 Å². The lowest BCUT2D eigenvalue weighted by atomic mass is 9.91. The number of halogens is 1. The number of nitrogens with zero attached hydrogens (tertiary/aromatic N) is 2. The number of carbonyl (C=O) groups excluding carboxylic acids is 1. The van der Waals surface area contributed by atoms with Crippen LogP contribution in [-0.2, 0) is 9.53 Å². The zero-order valence-corrected chi connectivity index (χ0v) is 24.5. The molecule has 2 heterocycles. The zero-order valence-electron chi connectivity index (χ0n) is 22.8. The van der Waals surface area contributed by atoms with Gasteiger partial charge < -0.3 is 9.84 Å². The van der Waals surface area contributed by atoms with Gasteiger partial charge in [0.2, 0.25) is 0 Å². The van der Waals surface area contributed by atoms with Gasteiger partial charge in [0.15, 0.2) is 0 Å². The Morgan fingerprint density at radius 1 is 1.07 bits per heavy atom. The third-order valence-corrected chi connectivity index (χ3v) is 9.17. The van der Waals surface area contributed by atoms with Crippen molar-refractivity contribution >= 4 is 45.7 Å². The lowest BCUT2D eigenvalue weighted by Crippen LogP contribution is -2.07. The monoisotopic (exact) mass is 592 g/mol. The second kappa shape index (κ2) is 11.4. The largest absolute Gasteiger partial charge is 0.506 e. The van der Waals surface area contributed by atoms with Crippen LogP contribution in [0.5, 0.6) is 5.75 Å². The molecule has 0 saturated heterocycles. The van der Waals surface area contributed by atoms with Gasteiger partial charge in [-0.05, 0) is 78.6 Å². The van der Waals surface area contributed by atoms with Crippen LogP contribution in [0, 0.1) is 24.1 Å². The van der Waals surface area contributed by atoms with Gasteiger partial charge in [-0.2, -0.15) is 5.26 Å². The predicted octanol–water partition coefficient (Wildman–Crippen LogP) is 8.89. The topological polar surface area (TPSA) is 75.2 Å². The van der Waals surface area contributed by atoms with Crippen LogP contribution >= 0.6 is 23.3 Å². The highest BCUT2D eigenvalue weighted by Gasteiger charge is 2.26. The number of carbonyl (C=O) groups is 1. The van der Waals surface area contributed by atoms with E-state index in [-0.39, 0.29) is 11.7 Å². The van der Waals surface area contributed by atoms with Gasteiger partial charge in [0.1, 0.15) is 28.0 Å². The van der Waals surface area contributed by atoms with Crippen LogP contribution in [0.15, 0.2) is 94.7 Å². The van der Waals surface area contributed by atoms with Gasteiger partial charge in [-0.3, -0.25) is 3.97 Å². The van der Waals surface area contributed by atoms with E-state index in [1.54, 1.807) is 6.08 Å². The van der Waals surface area contributed by atoms with Crippen molar-refractivity contribution < 1.29 is 19.0 Å². The highest BCUT2D eigenvalue weighted by Crippen LogP contribution is 2.49. The Morgan fingerprint density at radius 2 is 1.86 bits per heavy atom. The van der Waals surface area contributed by atoms with Crippen molar-refractivity contribution in [3.63, 3.8) is 0 Å². The van der Waals surface area contributed by atoms with Crippen LogP contribution < -0.4 is 0 Å². The number of phenolic OH excluding ortho intramolecular Hbond substituents is 1. The number of allylic oxidation sites excluding steroid dienone is 3. The number of fused-ring (bicyclic) bond motifs is 1. The molecule has 208 valence electrons. The molecule has 1 N–H and O–H groups in total. The number of esters is 1. The van der Waals surface area contributed by atoms with Crippen molar-refractivity contribution in [2.75, 3.05) is 7.11 Å². The van der Waals surface area contributed by atoms with Gasteiger partial charge in [-0.1, -0.05) is 48.0 Å². The summed E-state index contributed by atoms with van der Waals surface area (Å²) in [6.07, 6.45) is 5.00. The molecule has 8 heteroatoms. The number of nitriles is 1. The average Bonchev–Trinajstić information content (AvgIpc) is 3.60. The predicted molar refractivity (Wildman–Crippen MR) is 167 cm³/mol. The van der Waals surface area contributed by atoms with Gasteiger partial charge in [-0.25, -0.2) is 9.18 Å². The number of aryl methyl sites for hydroxylation is 1. The number of ether oxygens (including phenoxy) is 1. The molecule has 0 bridgehead atoms. The fourth-order valence-electron chi connectivity index (χ4n) is 5.30. The molecule has 0 atom stereocenters. The van der Waals surface area contributed by atoms with E-state index in [0.717, 1.165) is 38.9 Å². The summed E-state index contributed by atoms with van der Waals surface area (Å²) in [5.74, 6) is -1.07. The van der Waals surface area contributed by atoms with Gasteiger partial charge in [-0.15, -0.1) is 11.3 Å². The van der Waals surface area contributed by atoms with Crippen LogP contribution in [0.2, 0.25) is 0 Å². The number of hydrogen-bond acceptors (Lipinski definition) is 6. The molecule has 2 aromatic heterocycles. The first-order chi connectivity index (χ1) is 20.4. The first kappa shape index (κ1) is 27.6. The number of benzene rings is 3. The first-order valence-corrected chi connectivity index (χ1v) is 14.9. The second-order valence-corrected chi connectivity index (χ2v) is 11.9. The van der Waals surface area contributed by atoms with Crippen LogP contribution in [0.1, 0.15) is 28.8 Å². The Labute approximate surface area is 250 Å². The molecule has 0 spiro atoms. The summed E-state index contributed by atoms with van der Waals surface area (Å²) in [5, 5.41) is 23.4. The number of phenols is 1. The van der Waals surface area contributed by atoms with Gasteiger partial charge in [0.05, 0.1) is 12.8 Å². The summed E-state index contributed by atoms with van der Waals surface area (Å²) in [6, 6.07) is 22.8. The Bertz CT molecular complexity index is 1960. The summed E-state index contributed by atoms with van der Waals surface area (Å²) < 4.78 is 21.7. The van der Waals surface area contributed by atoms with E-state index < -0.39 is 5.82 Å². The molecule has 0 fully saturated rings. The Balaban J connectivity index is 1.62. The highest BCUT2D eigenvalue weighted by molar-refractivity contribution is 7.98. The minimum absolute atomic E-state index is 0.183. The van der Waals surface area contributed by atoms with E-state index >= 15 is 0 Å². The summed E-state index contributed by atoms with van der Waals surface area (Å²) in [5.41, 5.74) is 7.23. The molecule has 1 aliphatic carbocycles. The lowest BCUT2D eigenvalue weighted by Gasteiger charge is -2.16. The van der Waals surface area contributed by atoms with Crippen molar-refractivity contribution in [2.24, 2.45) is 0 Å². The molecule has 0 aliphatic heterocycles. The van der Waals surface area contributed by atoms with Gasteiger partial charge >= 0.3 is 5.97 Å². The molecular weight excluding hydrogens is 568 g/mol. The highest BCUT2D eigenvalue weighted by atomic mass is 32.2. The zero-order chi connectivity index (χ0) is 29.4. The number of rotatable bonds is 6. The molecule has 42 heavy (non-hydrogen) atoms. The SMILES string of the molecule is COC(=O)C1=CC=C(c2cccc(-c3c(-c4ccsc4C#N)c4cc(F)cc(O)c4n3Sc3ccc(C)cc3)c2)CC1. The molecule has 5 aromatic rings. The molecule has 0 amide bonds. The summed E-state index contributed by atoms with van der Waals surface area (Å²) in [7, 11) is 1.38. The van der Waals surface area contributed by atoms with Crippen molar-refractivity contribution in [1.82, 2.24) is 3.97 Å². The Morgan fingerprint density at radius 3 is 2.57 bits per heavy atom. The van der Waals surface area contributed by atoms with Crippen molar-refractivity contribution in [1.29, 1.82) is 5.26 Å². The summed E-state index contributed by atoms with van der Waals surface area (Å²) in [6.45, 7) is 2.02. The van der Waals surface area contributed by atoms with Gasteiger partial charge in [0, 0.05) is 38.6 Å². The van der Waals surface area contributed by atoms with Crippen molar-refractivity contribution in [3.8, 4) is 34.2 Å². The fourth-order valence-corrected chi connectivity index (χ4v) is 7.03. The van der Waals surface area contributed by atoms with E-state index in [9.17, 15) is 19.6 Å². The number of methoxy groups -OCH3 is 1. The standard InChI is InChI=1S/C34H25FN2O3S2/c1-20-6-12-26(13-7-20)42-37-32(24-5-3-4-23(16-24)21-8-10-22(11-9-21)34(39)40-2)31(27-14-15-41-30(27)19-36)28-17-25(35)18-29(38)33(28)37/h3-8,10,12-18,38H,9,11H2,1-2H3. The summed E-state index contributed by atoms with van der Waals surface area (Å²) >= 11 is 2.75. The number of aromatic nitrogens is 1. The molecule has 1 aliphatic rings. The number of thiophene rings is 1. The van der Waals surface area contributed by atoms with Crippen molar-refractivity contribution in [3.05, 3.63) is 112 Å². The Kier molecular flexibility index (Phi) is 7.46. The summed E-state index contributed by atoms with van der Waals surface area (Å²) in [4.78, 5) is 13.4. The van der Waals surface area contributed by atoms with Crippen molar-refractivity contribution in [2.45, 2.75) is 24.7 Å². The van der Waals surface area contributed by atoms with Crippen LogP contribution in [-0.4, -0.2) is 22.2 Å². The van der Waals surface area contributed by atoms with E-state index in [1.165, 1.54) is 36.5 Å². The van der Waals surface area contributed by atoms with Crippen LogP contribution in [0.4, 0.5) is 4.39 Å².